The largest absolute Gasteiger partial charge is 0.462 e. The second kappa shape index (κ2) is 55.0. The average Bonchev–Trinajstić information content (AvgIpc) is 3.31. The van der Waals surface area contributed by atoms with Gasteiger partial charge in [0, 0.05) is 19.3 Å². The molecule has 0 rings (SSSR count). The van der Waals surface area contributed by atoms with Crippen LogP contribution in [-0.4, -0.2) is 37.2 Å². The van der Waals surface area contributed by atoms with Crippen molar-refractivity contribution >= 4 is 17.9 Å². The number of rotatable bonds is 52. The topological polar surface area (TPSA) is 78.9 Å². The Kier molecular flexibility index (Phi) is 52.8. The number of allylic oxidation sites excluding steroid dienone is 8. The predicted molar refractivity (Wildman–Crippen MR) is 284 cm³/mol. The van der Waals surface area contributed by atoms with Gasteiger partial charge in [-0.15, -0.1) is 0 Å². The number of unbranched alkanes of at least 4 members (excludes halogenated alkanes) is 33. The first-order valence-corrected chi connectivity index (χ1v) is 28.6. The SMILES string of the molecule is CC/C=C\C/C=C\C/C=C\C/C=C\CCCCCC(=O)OCC(COC(=O)CCCCCCCCCCCCCCCCCC)OC(=O)CCCCCCCCCCCCCCCCCC. The first-order chi connectivity index (χ1) is 32.5. The quantitative estimate of drug-likeness (QED) is 0.0262. The third kappa shape index (κ3) is 52.3. The normalized spacial score (nSPS) is 12.3. The van der Waals surface area contributed by atoms with Crippen molar-refractivity contribution < 1.29 is 28.6 Å². The fourth-order valence-electron chi connectivity index (χ4n) is 8.32. The molecule has 0 saturated heterocycles. The maximum Gasteiger partial charge on any atom is 0.306 e. The van der Waals surface area contributed by atoms with E-state index < -0.39 is 6.10 Å². The zero-order chi connectivity index (χ0) is 47.9. The highest BCUT2D eigenvalue weighted by Gasteiger charge is 2.19. The molecule has 0 N–H and O–H groups in total. The lowest BCUT2D eigenvalue weighted by atomic mass is 10.0. The van der Waals surface area contributed by atoms with Crippen LogP contribution in [0.25, 0.3) is 0 Å². The Morgan fingerprint density at radius 2 is 0.591 bits per heavy atom. The van der Waals surface area contributed by atoms with Crippen molar-refractivity contribution in [1.82, 2.24) is 0 Å². The first-order valence-electron chi connectivity index (χ1n) is 28.6. The van der Waals surface area contributed by atoms with Gasteiger partial charge in [-0.2, -0.15) is 0 Å². The van der Waals surface area contributed by atoms with Gasteiger partial charge in [-0.1, -0.05) is 268 Å². The van der Waals surface area contributed by atoms with Gasteiger partial charge in [-0.05, 0) is 57.8 Å². The van der Waals surface area contributed by atoms with Crippen LogP contribution >= 0.6 is 0 Å². The standard InChI is InChI=1S/C60H108O6/c1-4-7-10-13-16-19-22-25-28-31-34-37-40-43-46-49-52-58(61)64-55-57(66-60(63)54-51-48-45-42-39-36-33-30-27-24-21-18-15-12-9-6-3)56-65-59(62)53-50-47-44-41-38-35-32-29-26-23-20-17-14-11-8-5-2/h7,10,16,19,25,28,34,37,57H,4-6,8-9,11-15,17-18,20-24,26-27,29-33,35-36,38-56H2,1-3H3/b10-7-,19-16-,28-25-,37-34-. The molecule has 0 amide bonds. The molecule has 0 fully saturated rings. The van der Waals surface area contributed by atoms with Crippen LogP contribution < -0.4 is 0 Å². The number of carbonyl (C=O) groups is 3. The molecule has 0 bridgehead atoms. The highest BCUT2D eigenvalue weighted by Crippen LogP contribution is 2.17. The summed E-state index contributed by atoms with van der Waals surface area (Å²) in [5.41, 5.74) is 0. The number of esters is 3. The summed E-state index contributed by atoms with van der Waals surface area (Å²) in [6.07, 6.45) is 66.7. The minimum atomic E-state index is -0.782. The zero-order valence-corrected chi connectivity index (χ0v) is 44.0. The molecule has 384 valence electrons. The van der Waals surface area contributed by atoms with Crippen molar-refractivity contribution in [3.8, 4) is 0 Å². The lowest BCUT2D eigenvalue weighted by Crippen LogP contribution is -2.30. The van der Waals surface area contributed by atoms with Gasteiger partial charge in [0.1, 0.15) is 13.2 Å². The van der Waals surface area contributed by atoms with E-state index in [2.05, 4.69) is 69.4 Å². The Morgan fingerprint density at radius 1 is 0.318 bits per heavy atom. The van der Waals surface area contributed by atoms with Crippen LogP contribution in [0.3, 0.4) is 0 Å². The fraction of sp³-hybridized carbons (Fsp3) is 0.817. The van der Waals surface area contributed by atoms with E-state index in [9.17, 15) is 14.4 Å². The predicted octanol–water partition coefficient (Wildman–Crippen LogP) is 19.0. The van der Waals surface area contributed by atoms with Crippen molar-refractivity contribution in [2.24, 2.45) is 0 Å². The molecule has 0 aliphatic heterocycles. The molecule has 6 nitrogen and oxygen atoms in total. The van der Waals surface area contributed by atoms with Crippen molar-refractivity contribution in [1.29, 1.82) is 0 Å². The van der Waals surface area contributed by atoms with Gasteiger partial charge in [0.25, 0.3) is 0 Å². The highest BCUT2D eigenvalue weighted by atomic mass is 16.6. The summed E-state index contributed by atoms with van der Waals surface area (Å²) >= 11 is 0. The molecular weight excluding hydrogens is 817 g/mol. The summed E-state index contributed by atoms with van der Waals surface area (Å²) < 4.78 is 16.9. The van der Waals surface area contributed by atoms with Gasteiger partial charge in [0.2, 0.25) is 0 Å². The molecular formula is C60H108O6. The maximum absolute atomic E-state index is 12.8. The molecule has 66 heavy (non-hydrogen) atoms. The summed E-state index contributed by atoms with van der Waals surface area (Å²) in [6, 6.07) is 0. The van der Waals surface area contributed by atoms with E-state index in [1.165, 1.54) is 167 Å². The summed E-state index contributed by atoms with van der Waals surface area (Å²) in [6.45, 7) is 6.54. The highest BCUT2D eigenvalue weighted by molar-refractivity contribution is 5.71. The van der Waals surface area contributed by atoms with Gasteiger partial charge < -0.3 is 14.2 Å². The van der Waals surface area contributed by atoms with Crippen LogP contribution in [0.4, 0.5) is 0 Å². The number of carbonyl (C=O) groups excluding carboxylic acids is 3. The third-order valence-electron chi connectivity index (χ3n) is 12.6. The molecule has 1 unspecified atom stereocenters. The van der Waals surface area contributed by atoms with E-state index >= 15 is 0 Å². The van der Waals surface area contributed by atoms with E-state index in [0.29, 0.717) is 19.3 Å². The minimum Gasteiger partial charge on any atom is -0.462 e. The summed E-state index contributed by atoms with van der Waals surface area (Å²) in [4.78, 5) is 38.1. The summed E-state index contributed by atoms with van der Waals surface area (Å²) in [7, 11) is 0. The van der Waals surface area contributed by atoms with Gasteiger partial charge in [0.05, 0.1) is 0 Å². The molecule has 0 aromatic carbocycles. The van der Waals surface area contributed by atoms with Crippen LogP contribution in [0.1, 0.15) is 297 Å². The second-order valence-electron chi connectivity index (χ2n) is 19.2. The van der Waals surface area contributed by atoms with Gasteiger partial charge in [-0.3, -0.25) is 14.4 Å². The van der Waals surface area contributed by atoms with Crippen LogP contribution in [0.2, 0.25) is 0 Å². The maximum atomic E-state index is 12.8. The lowest BCUT2D eigenvalue weighted by molar-refractivity contribution is -0.167. The van der Waals surface area contributed by atoms with Crippen LogP contribution in [0.5, 0.6) is 0 Å². The molecule has 0 saturated carbocycles. The summed E-state index contributed by atoms with van der Waals surface area (Å²) in [5.74, 6) is -0.894. The molecule has 0 spiro atoms. The number of ether oxygens (including phenoxy) is 3. The van der Waals surface area contributed by atoms with Crippen LogP contribution in [0, 0.1) is 0 Å². The molecule has 0 aliphatic rings. The van der Waals surface area contributed by atoms with Crippen molar-refractivity contribution in [3.05, 3.63) is 48.6 Å². The monoisotopic (exact) mass is 925 g/mol. The zero-order valence-electron chi connectivity index (χ0n) is 44.0. The van der Waals surface area contributed by atoms with Gasteiger partial charge >= 0.3 is 17.9 Å². The third-order valence-corrected chi connectivity index (χ3v) is 12.6. The summed E-state index contributed by atoms with van der Waals surface area (Å²) in [5, 5.41) is 0. The molecule has 0 radical (unpaired) electrons. The molecule has 0 aromatic rings. The second-order valence-corrected chi connectivity index (χ2v) is 19.2. The molecule has 0 aliphatic carbocycles. The van der Waals surface area contributed by atoms with Crippen LogP contribution in [0.15, 0.2) is 48.6 Å². The van der Waals surface area contributed by atoms with Gasteiger partial charge in [0.15, 0.2) is 6.10 Å². The van der Waals surface area contributed by atoms with Crippen molar-refractivity contribution in [2.45, 2.75) is 303 Å². The Bertz CT molecular complexity index is 1150. The Balaban J connectivity index is 4.39. The van der Waals surface area contributed by atoms with E-state index in [1.807, 2.05) is 0 Å². The molecule has 6 heteroatoms. The van der Waals surface area contributed by atoms with Crippen LogP contribution in [-0.2, 0) is 28.6 Å². The minimum absolute atomic E-state index is 0.0788. The van der Waals surface area contributed by atoms with Crippen molar-refractivity contribution in [3.63, 3.8) is 0 Å². The van der Waals surface area contributed by atoms with Crippen molar-refractivity contribution in [2.75, 3.05) is 13.2 Å². The molecule has 0 aromatic heterocycles. The smallest absolute Gasteiger partial charge is 0.306 e. The first kappa shape index (κ1) is 63.4. The number of hydrogen-bond acceptors (Lipinski definition) is 6. The molecule has 1 atom stereocenters. The van der Waals surface area contributed by atoms with E-state index in [1.54, 1.807) is 0 Å². The Labute approximate surface area is 409 Å². The fourth-order valence-corrected chi connectivity index (χ4v) is 8.32. The molecule has 0 heterocycles. The Morgan fingerprint density at radius 3 is 0.924 bits per heavy atom. The van der Waals surface area contributed by atoms with E-state index in [-0.39, 0.29) is 31.1 Å². The lowest BCUT2D eigenvalue weighted by Gasteiger charge is -2.18. The Hall–Kier alpha value is -2.63. The van der Waals surface area contributed by atoms with E-state index in [4.69, 9.17) is 14.2 Å². The van der Waals surface area contributed by atoms with Gasteiger partial charge in [-0.25, -0.2) is 0 Å². The van der Waals surface area contributed by atoms with E-state index in [0.717, 1.165) is 89.9 Å². The average molecular weight is 926 g/mol. The number of hydrogen-bond donors (Lipinski definition) is 0.